The van der Waals surface area contributed by atoms with Crippen LogP contribution in [0.15, 0.2) is 53.1 Å². The molecule has 0 bridgehead atoms. The molecule has 0 aliphatic heterocycles. The van der Waals surface area contributed by atoms with Gasteiger partial charge in [-0.15, -0.1) is 0 Å². The third-order valence-corrected chi connectivity index (χ3v) is 5.51. The van der Waals surface area contributed by atoms with E-state index < -0.39 is 0 Å². The highest BCUT2D eigenvalue weighted by Gasteiger charge is 2.13. The monoisotopic (exact) mass is 410 g/mol. The maximum absolute atomic E-state index is 5.70. The topological polar surface area (TPSA) is 74.3 Å². The highest BCUT2D eigenvalue weighted by molar-refractivity contribution is 7.19. The molecule has 4 rings (SSSR count). The van der Waals surface area contributed by atoms with Crippen LogP contribution in [0.25, 0.3) is 16.3 Å². The minimum absolute atomic E-state index is 0.470. The molecule has 7 nitrogen and oxygen atoms in total. The first-order valence-corrected chi connectivity index (χ1v) is 9.96. The van der Waals surface area contributed by atoms with Crippen LogP contribution in [0, 0.1) is 6.92 Å². The molecule has 4 aromatic rings. The summed E-state index contributed by atoms with van der Waals surface area (Å²) in [6.07, 6.45) is 1.95. The lowest BCUT2D eigenvalue weighted by Gasteiger charge is -2.03. The molecule has 3 aromatic heterocycles. The van der Waals surface area contributed by atoms with Gasteiger partial charge >= 0.3 is 0 Å². The minimum atomic E-state index is 0.470. The Hall–Kier alpha value is -3.10. The van der Waals surface area contributed by atoms with E-state index in [4.69, 9.17) is 19.0 Å². The third kappa shape index (κ3) is 4.33. The van der Waals surface area contributed by atoms with Crippen LogP contribution >= 0.6 is 11.3 Å². The third-order valence-electron chi connectivity index (χ3n) is 4.37. The first kappa shape index (κ1) is 19.2. The normalized spacial score (nSPS) is 11.0. The van der Waals surface area contributed by atoms with Gasteiger partial charge in [0, 0.05) is 13.3 Å². The molecule has 0 saturated heterocycles. The largest absolute Gasteiger partial charge is 0.497 e. The lowest BCUT2D eigenvalue weighted by atomic mass is 10.3. The van der Waals surface area contributed by atoms with E-state index in [1.165, 1.54) is 0 Å². The molecular weight excluding hydrogens is 388 g/mol. The molecule has 0 amide bonds. The minimum Gasteiger partial charge on any atom is -0.497 e. The standard InChI is InChI=1S/C21H22N4O3S/c1-14-20(19-10-11-25(24-19)15-4-6-16(27-3)7-5-15)29-21(23-14)22-12-17-8-9-18(28-17)13-26-2/h4-11H,12-13H2,1-3H3,(H,22,23). The van der Waals surface area contributed by atoms with Gasteiger partial charge in [0.15, 0.2) is 5.13 Å². The molecule has 0 aliphatic rings. The van der Waals surface area contributed by atoms with Crippen molar-refractivity contribution >= 4 is 16.5 Å². The summed E-state index contributed by atoms with van der Waals surface area (Å²) in [6.45, 7) is 3.03. The summed E-state index contributed by atoms with van der Waals surface area (Å²) in [6, 6.07) is 13.7. The summed E-state index contributed by atoms with van der Waals surface area (Å²) in [5.41, 5.74) is 2.81. The van der Waals surface area contributed by atoms with E-state index in [1.807, 2.05) is 60.3 Å². The highest BCUT2D eigenvalue weighted by atomic mass is 32.1. The Balaban J connectivity index is 1.46. The Kier molecular flexibility index (Phi) is 5.64. The number of aryl methyl sites for hydroxylation is 1. The van der Waals surface area contributed by atoms with Crippen molar-refractivity contribution in [3.63, 3.8) is 0 Å². The molecular formula is C21H22N4O3S. The molecule has 1 N–H and O–H groups in total. The molecule has 0 fully saturated rings. The average Bonchev–Trinajstić information content (AvgIpc) is 3.47. The zero-order valence-electron chi connectivity index (χ0n) is 16.5. The number of thiazole rings is 1. The Bertz CT molecular complexity index is 1080. The lowest BCUT2D eigenvalue weighted by molar-refractivity contribution is 0.163. The number of furan rings is 1. The fourth-order valence-electron chi connectivity index (χ4n) is 2.93. The van der Waals surface area contributed by atoms with Crippen LogP contribution in [0.1, 0.15) is 17.2 Å². The highest BCUT2D eigenvalue weighted by Crippen LogP contribution is 2.32. The quantitative estimate of drug-likeness (QED) is 0.455. The lowest BCUT2D eigenvalue weighted by Crippen LogP contribution is -1.97. The fourth-order valence-corrected chi connectivity index (χ4v) is 3.86. The van der Waals surface area contributed by atoms with Crippen molar-refractivity contribution in [2.75, 3.05) is 19.5 Å². The molecule has 0 saturated carbocycles. The van der Waals surface area contributed by atoms with E-state index in [9.17, 15) is 0 Å². The van der Waals surface area contributed by atoms with Crippen LogP contribution in [0.5, 0.6) is 5.75 Å². The molecule has 3 heterocycles. The van der Waals surface area contributed by atoms with Gasteiger partial charge in [-0.1, -0.05) is 11.3 Å². The van der Waals surface area contributed by atoms with Gasteiger partial charge in [-0.3, -0.25) is 0 Å². The average molecular weight is 410 g/mol. The summed E-state index contributed by atoms with van der Waals surface area (Å²) in [5.74, 6) is 2.47. The summed E-state index contributed by atoms with van der Waals surface area (Å²) in [5, 5.41) is 8.87. The van der Waals surface area contributed by atoms with Gasteiger partial charge in [0.2, 0.25) is 0 Å². The van der Waals surface area contributed by atoms with Crippen LogP contribution < -0.4 is 10.1 Å². The molecule has 0 aliphatic carbocycles. The molecule has 8 heteroatoms. The fraction of sp³-hybridized carbons (Fsp3) is 0.238. The molecule has 1 aromatic carbocycles. The van der Waals surface area contributed by atoms with Crippen molar-refractivity contribution in [3.8, 4) is 22.0 Å². The van der Waals surface area contributed by atoms with Gasteiger partial charge in [0.1, 0.15) is 29.6 Å². The van der Waals surface area contributed by atoms with Gasteiger partial charge in [0.05, 0.1) is 29.9 Å². The number of hydrogen-bond acceptors (Lipinski definition) is 7. The predicted molar refractivity (Wildman–Crippen MR) is 113 cm³/mol. The number of rotatable bonds is 8. The van der Waals surface area contributed by atoms with Crippen LogP contribution in [0.2, 0.25) is 0 Å². The van der Waals surface area contributed by atoms with Gasteiger partial charge in [-0.2, -0.15) is 5.10 Å². The number of hydrogen-bond donors (Lipinski definition) is 1. The molecule has 0 atom stereocenters. The Labute approximate surface area is 172 Å². The van der Waals surface area contributed by atoms with Gasteiger partial charge in [-0.25, -0.2) is 9.67 Å². The molecule has 150 valence electrons. The van der Waals surface area contributed by atoms with Crippen molar-refractivity contribution in [2.24, 2.45) is 0 Å². The summed E-state index contributed by atoms with van der Waals surface area (Å²) in [4.78, 5) is 5.67. The molecule has 0 unspecified atom stereocenters. The number of benzene rings is 1. The molecule has 29 heavy (non-hydrogen) atoms. The zero-order chi connectivity index (χ0) is 20.2. The first-order valence-electron chi connectivity index (χ1n) is 9.14. The second kappa shape index (κ2) is 8.50. The van der Waals surface area contributed by atoms with E-state index in [1.54, 1.807) is 25.6 Å². The van der Waals surface area contributed by atoms with E-state index in [0.717, 1.165) is 44.4 Å². The van der Waals surface area contributed by atoms with Crippen LogP contribution in [0.4, 0.5) is 5.13 Å². The molecule has 0 spiro atoms. The summed E-state index contributed by atoms with van der Waals surface area (Å²) < 4.78 is 17.8. The van der Waals surface area contributed by atoms with Gasteiger partial charge in [0.25, 0.3) is 0 Å². The van der Waals surface area contributed by atoms with Gasteiger partial charge in [-0.05, 0) is 49.4 Å². The van der Waals surface area contributed by atoms with E-state index in [0.29, 0.717) is 13.2 Å². The first-order chi connectivity index (χ1) is 14.2. The van der Waals surface area contributed by atoms with Crippen LogP contribution in [-0.2, 0) is 17.9 Å². The predicted octanol–water partition coefficient (Wildman–Crippen LogP) is 4.66. The Morgan fingerprint density at radius 2 is 1.86 bits per heavy atom. The van der Waals surface area contributed by atoms with E-state index in [2.05, 4.69) is 10.3 Å². The number of anilines is 1. The van der Waals surface area contributed by atoms with Gasteiger partial charge < -0.3 is 19.2 Å². The second-order valence-electron chi connectivity index (χ2n) is 6.43. The van der Waals surface area contributed by atoms with Crippen molar-refractivity contribution in [3.05, 3.63) is 65.9 Å². The summed E-state index contributed by atoms with van der Waals surface area (Å²) >= 11 is 1.58. The van der Waals surface area contributed by atoms with E-state index in [-0.39, 0.29) is 0 Å². The van der Waals surface area contributed by atoms with Crippen LogP contribution in [0.3, 0.4) is 0 Å². The van der Waals surface area contributed by atoms with Crippen molar-refractivity contribution in [2.45, 2.75) is 20.1 Å². The smallest absolute Gasteiger partial charge is 0.183 e. The maximum Gasteiger partial charge on any atom is 0.183 e. The maximum atomic E-state index is 5.70. The van der Waals surface area contributed by atoms with E-state index >= 15 is 0 Å². The number of ether oxygens (including phenoxy) is 2. The van der Waals surface area contributed by atoms with Crippen molar-refractivity contribution in [1.82, 2.24) is 14.8 Å². The Morgan fingerprint density at radius 3 is 2.62 bits per heavy atom. The number of nitrogens with zero attached hydrogens (tertiary/aromatic N) is 3. The van der Waals surface area contributed by atoms with Crippen LogP contribution in [-0.4, -0.2) is 29.0 Å². The summed E-state index contributed by atoms with van der Waals surface area (Å²) in [7, 11) is 3.31. The second-order valence-corrected chi connectivity index (χ2v) is 7.43. The SMILES string of the molecule is COCc1ccc(CNc2nc(C)c(-c3ccn(-c4ccc(OC)cc4)n3)s2)o1. The van der Waals surface area contributed by atoms with Crippen molar-refractivity contribution in [1.29, 1.82) is 0 Å². The Morgan fingerprint density at radius 1 is 1.07 bits per heavy atom. The zero-order valence-corrected chi connectivity index (χ0v) is 17.3. The number of aromatic nitrogens is 3. The molecule has 0 radical (unpaired) electrons. The van der Waals surface area contributed by atoms with Crippen molar-refractivity contribution < 1.29 is 13.9 Å². The number of nitrogens with one attached hydrogen (secondary N) is 1. The number of methoxy groups -OCH3 is 2.